The second kappa shape index (κ2) is 7.51. The second-order valence-electron chi connectivity index (χ2n) is 6.37. The smallest absolute Gasteiger partial charge is 0.431 e. The van der Waals surface area contributed by atoms with Gasteiger partial charge in [-0.15, -0.1) is 0 Å². The molecule has 0 spiro atoms. The molecule has 0 amide bonds. The molecule has 0 unspecified atom stereocenters. The van der Waals surface area contributed by atoms with Crippen LogP contribution in [0.3, 0.4) is 0 Å². The summed E-state index contributed by atoms with van der Waals surface area (Å²) in [4.78, 5) is 24.7. The topological polar surface area (TPSA) is 77.0 Å². The third-order valence-corrected chi connectivity index (χ3v) is 4.27. The largest absolute Gasteiger partial charge is 0.456 e. The first-order valence-electron chi connectivity index (χ1n) is 8.41. The van der Waals surface area contributed by atoms with Crippen LogP contribution in [0.4, 0.5) is 17.6 Å². The molecule has 0 saturated heterocycles. The molecule has 0 fully saturated rings. The van der Waals surface area contributed by atoms with Gasteiger partial charge in [-0.25, -0.2) is 13.8 Å². The van der Waals surface area contributed by atoms with Crippen molar-refractivity contribution < 1.29 is 22.3 Å². The van der Waals surface area contributed by atoms with Gasteiger partial charge in [0.15, 0.2) is 0 Å². The van der Waals surface area contributed by atoms with Gasteiger partial charge in [-0.3, -0.25) is 9.36 Å². The second-order valence-corrected chi connectivity index (χ2v) is 6.37. The zero-order valence-electron chi connectivity index (χ0n) is 15.6. The van der Waals surface area contributed by atoms with E-state index in [0.717, 1.165) is 24.7 Å². The molecule has 0 N–H and O–H groups in total. The van der Waals surface area contributed by atoms with Crippen LogP contribution in [-0.4, -0.2) is 9.13 Å². The van der Waals surface area contributed by atoms with E-state index in [1.54, 1.807) is 30.3 Å². The summed E-state index contributed by atoms with van der Waals surface area (Å²) in [6.07, 6.45) is -4.95. The van der Waals surface area contributed by atoms with Crippen LogP contribution >= 0.6 is 0 Å². The Morgan fingerprint density at radius 1 is 1.07 bits per heavy atom. The van der Waals surface area contributed by atoms with Crippen molar-refractivity contribution >= 4 is 0 Å². The van der Waals surface area contributed by atoms with Crippen molar-refractivity contribution in [2.75, 3.05) is 0 Å². The maximum Gasteiger partial charge on any atom is 0.431 e. The summed E-state index contributed by atoms with van der Waals surface area (Å²) in [5.41, 5.74) is -4.19. The van der Waals surface area contributed by atoms with Crippen molar-refractivity contribution in [1.82, 2.24) is 9.13 Å². The van der Waals surface area contributed by atoms with Gasteiger partial charge in [0.2, 0.25) is 0 Å². The Balaban J connectivity index is 2.22. The van der Waals surface area contributed by atoms with Crippen LogP contribution in [0.25, 0.3) is 5.69 Å². The molecule has 0 aliphatic heterocycles. The van der Waals surface area contributed by atoms with E-state index in [0.29, 0.717) is 5.75 Å². The summed E-state index contributed by atoms with van der Waals surface area (Å²) in [5.74, 6) is -1.03. The maximum atomic E-state index is 14.6. The summed E-state index contributed by atoms with van der Waals surface area (Å²) in [7, 11) is 0.812. The predicted molar refractivity (Wildman–Crippen MR) is 98.2 cm³/mol. The Morgan fingerprint density at radius 2 is 1.70 bits per heavy atom. The van der Waals surface area contributed by atoms with Crippen LogP contribution < -0.4 is 16.0 Å². The number of hydrogen-bond acceptors (Lipinski definition) is 4. The molecule has 3 aromatic rings. The Morgan fingerprint density at radius 3 is 2.27 bits per heavy atom. The zero-order valence-corrected chi connectivity index (χ0v) is 15.6. The Bertz CT molecular complexity index is 1280. The van der Waals surface area contributed by atoms with E-state index in [9.17, 15) is 32.4 Å². The average Bonchev–Trinajstić information content (AvgIpc) is 2.67. The number of rotatable bonds is 3. The van der Waals surface area contributed by atoms with Gasteiger partial charge in [0.1, 0.15) is 29.1 Å². The van der Waals surface area contributed by atoms with Gasteiger partial charge in [-0.2, -0.15) is 18.4 Å². The lowest BCUT2D eigenvalue weighted by Gasteiger charge is -2.15. The van der Waals surface area contributed by atoms with Crippen LogP contribution in [0.15, 0.2) is 52.1 Å². The zero-order chi connectivity index (χ0) is 22.2. The van der Waals surface area contributed by atoms with E-state index in [1.165, 1.54) is 0 Å². The molecule has 6 nitrogen and oxygen atoms in total. The summed E-state index contributed by atoms with van der Waals surface area (Å²) < 4.78 is 59.6. The van der Waals surface area contributed by atoms with Crippen LogP contribution in [0, 0.1) is 24.1 Å². The number of aromatic nitrogens is 2. The van der Waals surface area contributed by atoms with E-state index in [-0.39, 0.29) is 26.5 Å². The number of nitrogens with zero attached hydrogens (tertiary/aromatic N) is 3. The minimum Gasteiger partial charge on any atom is -0.456 e. The van der Waals surface area contributed by atoms with E-state index in [1.807, 2.05) is 6.92 Å². The van der Waals surface area contributed by atoms with Crippen molar-refractivity contribution in [3.8, 4) is 23.3 Å². The van der Waals surface area contributed by atoms with Crippen molar-refractivity contribution in [3.05, 3.63) is 85.9 Å². The Kier molecular flexibility index (Phi) is 5.22. The number of alkyl halides is 3. The number of benzene rings is 2. The van der Waals surface area contributed by atoms with Crippen LogP contribution in [0.2, 0.25) is 0 Å². The summed E-state index contributed by atoms with van der Waals surface area (Å²) >= 11 is 0. The van der Waals surface area contributed by atoms with Crippen molar-refractivity contribution in [3.63, 3.8) is 0 Å². The molecule has 3 rings (SSSR count). The predicted octanol–water partition coefficient (Wildman–Crippen LogP) is 3.67. The van der Waals surface area contributed by atoms with Crippen LogP contribution in [0.5, 0.6) is 11.5 Å². The van der Waals surface area contributed by atoms with Crippen LogP contribution in [0.1, 0.15) is 16.8 Å². The fourth-order valence-corrected chi connectivity index (χ4v) is 2.74. The number of ether oxygens (including phenoxy) is 1. The van der Waals surface area contributed by atoms with Gasteiger partial charge >= 0.3 is 11.9 Å². The highest BCUT2D eigenvalue weighted by Gasteiger charge is 2.35. The minimum atomic E-state index is -4.95. The molecule has 30 heavy (non-hydrogen) atoms. The maximum absolute atomic E-state index is 14.6. The first kappa shape index (κ1) is 20.9. The minimum absolute atomic E-state index is 0.174. The number of hydrogen-bond donors (Lipinski definition) is 0. The molecule has 0 aliphatic carbocycles. The van der Waals surface area contributed by atoms with E-state index in [4.69, 9.17) is 4.74 Å². The molecule has 1 heterocycles. The summed E-state index contributed by atoms with van der Waals surface area (Å²) in [6, 6.07) is 10.2. The normalized spacial score (nSPS) is 11.2. The van der Waals surface area contributed by atoms with Crippen molar-refractivity contribution in [2.45, 2.75) is 13.1 Å². The highest BCUT2D eigenvalue weighted by atomic mass is 19.4. The lowest BCUT2D eigenvalue weighted by molar-refractivity contribution is -0.144. The summed E-state index contributed by atoms with van der Waals surface area (Å²) in [6.45, 7) is 1.84. The fourth-order valence-electron chi connectivity index (χ4n) is 2.74. The highest BCUT2D eigenvalue weighted by Crippen LogP contribution is 2.30. The fraction of sp³-hybridized carbons (Fsp3) is 0.150. The lowest BCUT2D eigenvalue weighted by Crippen LogP contribution is -2.41. The first-order chi connectivity index (χ1) is 14.0. The monoisotopic (exact) mass is 419 g/mol. The molecule has 1 aromatic heterocycles. The van der Waals surface area contributed by atoms with Crippen molar-refractivity contribution in [1.29, 1.82) is 5.26 Å². The van der Waals surface area contributed by atoms with Gasteiger partial charge in [0, 0.05) is 19.2 Å². The van der Waals surface area contributed by atoms with E-state index >= 15 is 0 Å². The third-order valence-electron chi connectivity index (χ3n) is 4.27. The van der Waals surface area contributed by atoms with Crippen LogP contribution in [-0.2, 0) is 13.2 Å². The third kappa shape index (κ3) is 3.82. The average molecular weight is 419 g/mol. The highest BCUT2D eigenvalue weighted by molar-refractivity contribution is 5.52. The van der Waals surface area contributed by atoms with Crippen molar-refractivity contribution in [2.24, 2.45) is 7.05 Å². The molecule has 154 valence electrons. The quantitative estimate of drug-likeness (QED) is 0.607. The number of halogens is 4. The summed E-state index contributed by atoms with van der Waals surface area (Å²) in [5, 5.41) is 9.25. The number of aryl methyl sites for hydroxylation is 1. The Labute approximate surface area is 166 Å². The standard InChI is InChI=1S/C20H13F4N3O3/c1-11-3-5-13(6-4-11)30-16-8-15(14(21)7-12(16)10-25)27-18(28)9-17(20(22,23)24)26(2)19(27)29/h3-9H,1-2H3. The molecule has 0 atom stereocenters. The van der Waals surface area contributed by atoms with Gasteiger partial charge in [-0.1, -0.05) is 17.7 Å². The lowest BCUT2D eigenvalue weighted by atomic mass is 10.1. The Hall–Kier alpha value is -3.87. The first-order valence-corrected chi connectivity index (χ1v) is 8.41. The van der Waals surface area contributed by atoms with Gasteiger partial charge < -0.3 is 4.74 Å². The molecular formula is C20H13F4N3O3. The SMILES string of the molecule is Cc1ccc(Oc2cc(-n3c(=O)cc(C(F)(F)F)n(C)c3=O)c(F)cc2C#N)cc1. The van der Waals surface area contributed by atoms with Gasteiger partial charge in [0.25, 0.3) is 5.56 Å². The van der Waals surface area contributed by atoms with E-state index in [2.05, 4.69) is 0 Å². The molecular weight excluding hydrogens is 406 g/mol. The molecule has 2 aromatic carbocycles. The molecule has 0 aliphatic rings. The number of nitriles is 1. The molecule has 10 heteroatoms. The van der Waals surface area contributed by atoms with Gasteiger partial charge in [-0.05, 0) is 25.1 Å². The van der Waals surface area contributed by atoms with Gasteiger partial charge in [0.05, 0.1) is 11.3 Å². The molecule has 0 bridgehead atoms. The molecule has 0 radical (unpaired) electrons. The molecule has 0 saturated carbocycles. The van der Waals surface area contributed by atoms with E-state index < -0.39 is 34.6 Å².